The second kappa shape index (κ2) is 8.51. The molecule has 1 aliphatic rings. The molecule has 1 fully saturated rings. The summed E-state index contributed by atoms with van der Waals surface area (Å²) in [5, 5.41) is 29.8. The maximum atomic E-state index is 10.1. The van der Waals surface area contributed by atoms with Gasteiger partial charge >= 0.3 is 0 Å². The van der Waals surface area contributed by atoms with Gasteiger partial charge < -0.3 is 43.0 Å². The molecule has 0 amide bonds. The van der Waals surface area contributed by atoms with E-state index >= 15 is 0 Å². The van der Waals surface area contributed by atoms with Gasteiger partial charge in [0.1, 0.15) is 18.3 Å². The molecule has 0 spiro atoms. The average molecular weight is 320 g/mol. The van der Waals surface area contributed by atoms with Crippen molar-refractivity contribution in [2.45, 2.75) is 75.3 Å². The van der Waals surface area contributed by atoms with E-state index in [2.05, 4.69) is 0 Å². The second-order valence-electron chi connectivity index (χ2n) is 6.51. The van der Waals surface area contributed by atoms with Gasteiger partial charge in [0.25, 0.3) is 0 Å². The minimum atomic E-state index is -1.29. The summed E-state index contributed by atoms with van der Waals surface area (Å²) in [6.07, 6.45) is -3.40. The summed E-state index contributed by atoms with van der Waals surface area (Å²) in [4.78, 5) is 0. The number of hydrogen-bond donors (Lipinski definition) is 7. The molecule has 22 heavy (non-hydrogen) atoms. The van der Waals surface area contributed by atoms with Crippen LogP contribution in [0.2, 0.25) is 0 Å². The first-order chi connectivity index (χ1) is 10.2. The molecule has 6 unspecified atom stereocenters. The monoisotopic (exact) mass is 320 g/mol. The summed E-state index contributed by atoms with van der Waals surface area (Å²) in [6, 6.07) is -2.14. The van der Waals surface area contributed by atoms with Crippen LogP contribution in [0.25, 0.3) is 0 Å². The first kappa shape index (κ1) is 19.7. The molecule has 11 N–H and O–H groups in total. The summed E-state index contributed by atoms with van der Waals surface area (Å²) in [5.41, 5.74) is 23.2. The average Bonchev–Trinajstić information content (AvgIpc) is 2.52. The molecular weight excluding hydrogens is 288 g/mol. The second-order valence-corrected chi connectivity index (χ2v) is 6.51. The minimum Gasteiger partial charge on any atom is -0.390 e. The van der Waals surface area contributed by atoms with Crippen LogP contribution >= 0.6 is 0 Å². The molecule has 9 atom stereocenters. The predicted molar refractivity (Wildman–Crippen MR) is 83.7 cm³/mol. The fourth-order valence-electron chi connectivity index (χ4n) is 2.65. The van der Waals surface area contributed by atoms with Crippen LogP contribution in [0.3, 0.4) is 0 Å². The molecule has 1 saturated carbocycles. The largest absolute Gasteiger partial charge is 0.390 e. The fraction of sp³-hybridized carbons (Fsp3) is 1.00. The van der Waals surface area contributed by atoms with Gasteiger partial charge in [-0.1, -0.05) is 6.92 Å². The molecule has 0 aromatic carbocycles. The number of ether oxygens (including phenoxy) is 1. The van der Waals surface area contributed by atoms with Gasteiger partial charge in [-0.05, 0) is 32.2 Å². The minimum absolute atomic E-state index is 0.252. The Bertz CT molecular complexity index is 320. The van der Waals surface area contributed by atoms with Crippen LogP contribution in [0.5, 0.6) is 0 Å². The van der Waals surface area contributed by atoms with Gasteiger partial charge in [-0.3, -0.25) is 0 Å². The van der Waals surface area contributed by atoms with Crippen molar-refractivity contribution < 1.29 is 20.1 Å². The normalized spacial score (nSPS) is 40.2. The lowest BCUT2D eigenvalue weighted by Gasteiger charge is -2.44. The lowest BCUT2D eigenvalue weighted by molar-refractivity contribution is -0.174. The highest BCUT2D eigenvalue weighted by Gasteiger charge is 2.47. The SMILES string of the molecule is CC(CN)CCC(N)[C@H](C)OC1C(O)[C@@H](O)C(N)C(O)[C@@H]1N. The van der Waals surface area contributed by atoms with E-state index in [0.29, 0.717) is 12.5 Å². The van der Waals surface area contributed by atoms with Crippen LogP contribution in [-0.2, 0) is 4.74 Å². The number of aliphatic hydroxyl groups excluding tert-OH is 3. The molecular formula is C14H32N4O4. The van der Waals surface area contributed by atoms with Gasteiger partial charge in [0.05, 0.1) is 24.3 Å². The van der Waals surface area contributed by atoms with Crippen molar-refractivity contribution in [3.05, 3.63) is 0 Å². The van der Waals surface area contributed by atoms with Crippen LogP contribution < -0.4 is 22.9 Å². The lowest BCUT2D eigenvalue weighted by atomic mass is 9.82. The summed E-state index contributed by atoms with van der Waals surface area (Å²) in [6.45, 7) is 4.43. The number of hydrogen-bond acceptors (Lipinski definition) is 8. The zero-order chi connectivity index (χ0) is 17.0. The van der Waals surface area contributed by atoms with Gasteiger partial charge in [-0.2, -0.15) is 0 Å². The Morgan fingerprint density at radius 2 is 1.55 bits per heavy atom. The van der Waals surface area contributed by atoms with Crippen molar-refractivity contribution in [2.75, 3.05) is 6.54 Å². The van der Waals surface area contributed by atoms with E-state index in [-0.39, 0.29) is 12.1 Å². The van der Waals surface area contributed by atoms with Gasteiger partial charge in [0.15, 0.2) is 0 Å². The highest BCUT2D eigenvalue weighted by Crippen LogP contribution is 2.23. The van der Waals surface area contributed by atoms with E-state index in [1.807, 2.05) is 6.92 Å². The van der Waals surface area contributed by atoms with E-state index in [1.165, 1.54) is 0 Å². The maximum Gasteiger partial charge on any atom is 0.109 e. The number of nitrogens with two attached hydrogens (primary N) is 4. The summed E-state index contributed by atoms with van der Waals surface area (Å²) >= 11 is 0. The molecule has 0 bridgehead atoms. The van der Waals surface area contributed by atoms with Crippen LogP contribution in [-0.4, -0.2) is 70.5 Å². The van der Waals surface area contributed by atoms with Crippen molar-refractivity contribution in [3.8, 4) is 0 Å². The maximum absolute atomic E-state index is 10.1. The topological polar surface area (TPSA) is 174 Å². The highest BCUT2D eigenvalue weighted by molar-refractivity contribution is 5.03. The molecule has 8 heteroatoms. The smallest absolute Gasteiger partial charge is 0.109 e. The molecule has 0 aromatic rings. The Hall–Kier alpha value is -0.320. The first-order valence-corrected chi connectivity index (χ1v) is 7.87. The Morgan fingerprint density at radius 1 is 0.955 bits per heavy atom. The molecule has 0 aromatic heterocycles. The van der Waals surface area contributed by atoms with E-state index in [1.54, 1.807) is 6.92 Å². The third-order valence-electron chi connectivity index (χ3n) is 4.62. The zero-order valence-corrected chi connectivity index (χ0v) is 13.4. The molecule has 0 aliphatic heterocycles. The van der Waals surface area contributed by atoms with Crippen LogP contribution in [0.4, 0.5) is 0 Å². The summed E-state index contributed by atoms with van der Waals surface area (Å²) in [7, 11) is 0. The first-order valence-electron chi connectivity index (χ1n) is 7.87. The quantitative estimate of drug-likeness (QED) is 0.263. The Labute approximate surface area is 131 Å². The van der Waals surface area contributed by atoms with E-state index in [9.17, 15) is 15.3 Å². The molecule has 0 radical (unpaired) electrons. The molecule has 8 nitrogen and oxygen atoms in total. The zero-order valence-electron chi connectivity index (χ0n) is 13.4. The molecule has 0 saturated heterocycles. The predicted octanol–water partition coefficient (Wildman–Crippen LogP) is -2.79. The van der Waals surface area contributed by atoms with Crippen molar-refractivity contribution in [3.63, 3.8) is 0 Å². The van der Waals surface area contributed by atoms with E-state index in [4.69, 9.17) is 27.7 Å². The third kappa shape index (κ3) is 4.59. The molecule has 0 heterocycles. The van der Waals surface area contributed by atoms with Crippen molar-refractivity contribution in [2.24, 2.45) is 28.9 Å². The van der Waals surface area contributed by atoms with E-state index < -0.39 is 36.5 Å². The van der Waals surface area contributed by atoms with Gasteiger partial charge in [-0.15, -0.1) is 0 Å². The van der Waals surface area contributed by atoms with Gasteiger partial charge in [0.2, 0.25) is 0 Å². The standard InChI is InChI=1S/C14H32N4O4/c1-6(5-15)3-4-8(16)7(2)22-14-10(18)11(19)9(17)12(20)13(14)21/h6-14,19-21H,3-5,15-18H2,1-2H3/t6?,7-,8?,9?,10-,11?,12-,13?,14?/m0/s1. The molecule has 1 rings (SSSR count). The number of rotatable bonds is 7. The Morgan fingerprint density at radius 3 is 2.09 bits per heavy atom. The van der Waals surface area contributed by atoms with Crippen LogP contribution in [0.1, 0.15) is 26.7 Å². The van der Waals surface area contributed by atoms with Crippen LogP contribution in [0, 0.1) is 5.92 Å². The van der Waals surface area contributed by atoms with Crippen molar-refractivity contribution >= 4 is 0 Å². The van der Waals surface area contributed by atoms with Gasteiger partial charge in [0, 0.05) is 6.04 Å². The third-order valence-corrected chi connectivity index (χ3v) is 4.62. The van der Waals surface area contributed by atoms with E-state index in [0.717, 1.165) is 12.8 Å². The molecule has 132 valence electrons. The Balaban J connectivity index is 2.59. The van der Waals surface area contributed by atoms with Gasteiger partial charge in [-0.25, -0.2) is 0 Å². The number of aliphatic hydroxyl groups is 3. The fourth-order valence-corrected chi connectivity index (χ4v) is 2.65. The highest BCUT2D eigenvalue weighted by atomic mass is 16.5. The Kier molecular flexibility index (Phi) is 7.63. The van der Waals surface area contributed by atoms with Crippen molar-refractivity contribution in [1.29, 1.82) is 0 Å². The van der Waals surface area contributed by atoms with Crippen molar-refractivity contribution in [1.82, 2.24) is 0 Å². The lowest BCUT2D eigenvalue weighted by Crippen LogP contribution is -2.70. The summed E-state index contributed by atoms with van der Waals surface area (Å²) < 4.78 is 5.73. The molecule has 1 aliphatic carbocycles. The summed E-state index contributed by atoms with van der Waals surface area (Å²) in [5.74, 6) is 0.377. The van der Waals surface area contributed by atoms with Crippen LogP contribution in [0.15, 0.2) is 0 Å².